The molecule has 4 rings (SSSR count). The zero-order chi connectivity index (χ0) is 20.4. The van der Waals surface area contributed by atoms with Gasteiger partial charge in [-0.3, -0.25) is 18.6 Å². The fourth-order valence-electron chi connectivity index (χ4n) is 3.69. The molecule has 1 aliphatic carbocycles. The van der Waals surface area contributed by atoms with Gasteiger partial charge in [0.15, 0.2) is 5.16 Å². The highest BCUT2D eigenvalue weighted by atomic mass is 32.2. The highest BCUT2D eigenvalue weighted by molar-refractivity contribution is 7.99. The first-order valence-electron chi connectivity index (χ1n) is 9.99. The summed E-state index contributed by atoms with van der Waals surface area (Å²) in [4.78, 5) is 25.1. The molecule has 1 N–H and O–H groups in total. The lowest BCUT2D eigenvalue weighted by Crippen LogP contribution is -2.37. The Morgan fingerprint density at radius 1 is 1.14 bits per heavy atom. The van der Waals surface area contributed by atoms with Crippen LogP contribution in [0.15, 0.2) is 40.5 Å². The van der Waals surface area contributed by atoms with Crippen molar-refractivity contribution in [1.29, 1.82) is 0 Å². The van der Waals surface area contributed by atoms with Crippen molar-refractivity contribution in [1.82, 2.24) is 24.5 Å². The Balaban J connectivity index is 1.50. The second-order valence-corrected chi connectivity index (χ2v) is 8.55. The third kappa shape index (κ3) is 4.22. The van der Waals surface area contributed by atoms with Crippen LogP contribution in [0.4, 0.5) is 0 Å². The molecule has 29 heavy (non-hydrogen) atoms. The molecule has 2 aromatic heterocycles. The van der Waals surface area contributed by atoms with E-state index in [-0.39, 0.29) is 28.9 Å². The lowest BCUT2D eigenvalue weighted by molar-refractivity contribution is -0.119. The summed E-state index contributed by atoms with van der Waals surface area (Å²) in [6.07, 6.45) is 9.22. The first-order valence-corrected chi connectivity index (χ1v) is 11.0. The van der Waals surface area contributed by atoms with Crippen molar-refractivity contribution in [3.63, 3.8) is 0 Å². The van der Waals surface area contributed by atoms with Crippen LogP contribution < -0.4 is 10.9 Å². The number of carbonyl (C=O) groups is 1. The number of nitrogens with one attached hydrogen (secondary N) is 1. The van der Waals surface area contributed by atoms with Gasteiger partial charge in [-0.2, -0.15) is 0 Å². The third-order valence-corrected chi connectivity index (χ3v) is 6.45. The number of thioether (sulfide) groups is 1. The molecule has 0 unspecified atom stereocenters. The second-order valence-electron chi connectivity index (χ2n) is 7.61. The summed E-state index contributed by atoms with van der Waals surface area (Å²) < 4.78 is 3.22. The van der Waals surface area contributed by atoms with Gasteiger partial charge in [0.05, 0.1) is 5.75 Å². The van der Waals surface area contributed by atoms with Gasteiger partial charge >= 0.3 is 5.56 Å². The van der Waals surface area contributed by atoms with Crippen LogP contribution in [0, 0.1) is 13.8 Å². The second kappa shape index (κ2) is 8.41. The van der Waals surface area contributed by atoms with Crippen LogP contribution in [0.1, 0.15) is 43.2 Å². The Hall–Kier alpha value is -2.61. The van der Waals surface area contributed by atoms with Crippen molar-refractivity contribution >= 4 is 23.3 Å². The summed E-state index contributed by atoms with van der Waals surface area (Å²) >= 11 is 1.30. The summed E-state index contributed by atoms with van der Waals surface area (Å²) in [5.74, 6) is 0.263. The van der Waals surface area contributed by atoms with Crippen LogP contribution in [0.3, 0.4) is 0 Å². The molecule has 0 atom stereocenters. The Morgan fingerprint density at radius 3 is 2.69 bits per heavy atom. The highest BCUT2D eigenvalue weighted by Crippen LogP contribution is 2.19. The quantitative estimate of drug-likeness (QED) is 0.653. The summed E-state index contributed by atoms with van der Waals surface area (Å²) in [6.45, 7) is 4.06. The average Bonchev–Trinajstić information content (AvgIpc) is 3.14. The maximum absolute atomic E-state index is 12.9. The molecule has 1 saturated carbocycles. The predicted octanol–water partition coefficient (Wildman–Crippen LogP) is 3.04. The van der Waals surface area contributed by atoms with E-state index in [1.165, 1.54) is 36.6 Å². The van der Waals surface area contributed by atoms with Crippen LogP contribution in [0.2, 0.25) is 0 Å². The van der Waals surface area contributed by atoms with Crippen LogP contribution >= 0.6 is 11.8 Å². The Bertz CT molecular complexity index is 1100. The van der Waals surface area contributed by atoms with E-state index in [9.17, 15) is 9.59 Å². The average molecular weight is 412 g/mol. The fraction of sp³-hybridized carbons (Fsp3) is 0.429. The maximum Gasteiger partial charge on any atom is 0.300 e. The van der Waals surface area contributed by atoms with Gasteiger partial charge in [-0.1, -0.05) is 37.1 Å². The molecular formula is C21H25N5O2S. The van der Waals surface area contributed by atoms with E-state index in [0.29, 0.717) is 5.16 Å². The smallest absolute Gasteiger partial charge is 0.300 e. The number of amides is 1. The summed E-state index contributed by atoms with van der Waals surface area (Å²) in [5.41, 5.74) is 3.11. The van der Waals surface area contributed by atoms with E-state index in [1.807, 2.05) is 32.0 Å². The number of hydrogen-bond acceptors (Lipinski definition) is 5. The predicted molar refractivity (Wildman–Crippen MR) is 114 cm³/mol. The molecular weight excluding hydrogens is 386 g/mol. The molecule has 7 nitrogen and oxygen atoms in total. The number of hydrogen-bond donors (Lipinski definition) is 1. The third-order valence-electron chi connectivity index (χ3n) is 5.51. The Kier molecular flexibility index (Phi) is 5.71. The molecule has 8 heteroatoms. The number of fused-ring (bicyclic) bond motifs is 1. The number of aromatic nitrogens is 4. The normalized spacial score (nSPS) is 15.0. The van der Waals surface area contributed by atoms with Crippen molar-refractivity contribution in [2.24, 2.45) is 0 Å². The molecule has 3 aromatic rings. The minimum Gasteiger partial charge on any atom is -0.353 e. The van der Waals surface area contributed by atoms with Gasteiger partial charge in [0.1, 0.15) is 0 Å². The lowest BCUT2D eigenvalue weighted by atomic mass is 9.95. The van der Waals surface area contributed by atoms with Gasteiger partial charge in [-0.15, -0.1) is 10.2 Å². The van der Waals surface area contributed by atoms with Gasteiger partial charge in [0, 0.05) is 24.1 Å². The van der Waals surface area contributed by atoms with Crippen LogP contribution in [0.25, 0.3) is 11.3 Å². The van der Waals surface area contributed by atoms with E-state index in [0.717, 1.165) is 24.1 Å². The largest absolute Gasteiger partial charge is 0.353 e. The van der Waals surface area contributed by atoms with Gasteiger partial charge in [0.25, 0.3) is 0 Å². The van der Waals surface area contributed by atoms with Crippen molar-refractivity contribution < 1.29 is 4.79 Å². The van der Waals surface area contributed by atoms with Crippen LogP contribution in [0.5, 0.6) is 0 Å². The van der Waals surface area contributed by atoms with Crippen LogP contribution in [-0.2, 0) is 4.79 Å². The van der Waals surface area contributed by atoms with Gasteiger partial charge in [0.2, 0.25) is 11.6 Å². The van der Waals surface area contributed by atoms with E-state index in [2.05, 4.69) is 15.5 Å². The SMILES string of the molecule is Cc1ccc(-n2ccn3c(SCC(=O)NC4CCCCC4)nnc3c2=O)cc1C. The first kappa shape index (κ1) is 19.7. The molecule has 1 aromatic carbocycles. The number of benzene rings is 1. The zero-order valence-electron chi connectivity index (χ0n) is 16.7. The molecule has 152 valence electrons. The molecule has 0 radical (unpaired) electrons. The van der Waals surface area contributed by atoms with Crippen molar-refractivity contribution in [3.05, 3.63) is 52.1 Å². The Labute approximate surface area is 173 Å². The Morgan fingerprint density at radius 2 is 1.93 bits per heavy atom. The van der Waals surface area contributed by atoms with E-state index >= 15 is 0 Å². The molecule has 1 aliphatic rings. The minimum absolute atomic E-state index is 0.00197. The summed E-state index contributed by atoms with van der Waals surface area (Å²) in [5, 5.41) is 11.8. The molecule has 0 saturated heterocycles. The first-order chi connectivity index (χ1) is 14.0. The van der Waals surface area contributed by atoms with E-state index in [1.54, 1.807) is 21.4 Å². The molecule has 0 bridgehead atoms. The van der Waals surface area contributed by atoms with E-state index < -0.39 is 0 Å². The highest BCUT2D eigenvalue weighted by Gasteiger charge is 2.17. The van der Waals surface area contributed by atoms with E-state index in [4.69, 9.17) is 0 Å². The number of nitrogens with zero attached hydrogens (tertiary/aromatic N) is 4. The topological polar surface area (TPSA) is 81.3 Å². The number of rotatable bonds is 5. The zero-order valence-corrected chi connectivity index (χ0v) is 17.5. The molecule has 2 heterocycles. The fourth-order valence-corrected chi connectivity index (χ4v) is 4.42. The molecule has 0 spiro atoms. The lowest BCUT2D eigenvalue weighted by Gasteiger charge is -2.22. The van der Waals surface area contributed by atoms with Crippen molar-refractivity contribution in [2.45, 2.75) is 57.1 Å². The molecule has 1 fully saturated rings. The van der Waals surface area contributed by atoms with Crippen LogP contribution in [-0.4, -0.2) is 36.9 Å². The van der Waals surface area contributed by atoms with Gasteiger partial charge in [-0.05, 0) is 49.9 Å². The van der Waals surface area contributed by atoms with Gasteiger partial charge < -0.3 is 5.32 Å². The number of carbonyl (C=O) groups excluding carboxylic acids is 1. The number of aryl methyl sites for hydroxylation is 2. The van der Waals surface area contributed by atoms with Gasteiger partial charge in [-0.25, -0.2) is 0 Å². The summed E-state index contributed by atoms with van der Waals surface area (Å²) in [7, 11) is 0. The van der Waals surface area contributed by atoms with Crippen molar-refractivity contribution in [3.8, 4) is 5.69 Å². The molecule has 0 aliphatic heterocycles. The standard InChI is InChI=1S/C21H25N5O2S/c1-14-8-9-17(12-15(14)2)25-10-11-26-19(20(25)28)23-24-21(26)29-13-18(27)22-16-6-4-3-5-7-16/h8-12,16H,3-7,13H2,1-2H3,(H,22,27). The summed E-state index contributed by atoms with van der Waals surface area (Å²) in [6, 6.07) is 6.19. The minimum atomic E-state index is -0.234. The monoisotopic (exact) mass is 411 g/mol. The maximum atomic E-state index is 12.9. The van der Waals surface area contributed by atoms with Crippen molar-refractivity contribution in [2.75, 3.05) is 5.75 Å². The molecule has 1 amide bonds.